The molecule has 0 amide bonds. The van der Waals surface area contributed by atoms with Crippen LogP contribution in [0, 0.1) is 6.92 Å². The van der Waals surface area contributed by atoms with Gasteiger partial charge >= 0.3 is 0 Å². The number of nitrogens with one attached hydrogen (secondary N) is 1. The number of thioether (sulfide) groups is 1. The first-order chi connectivity index (χ1) is 9.44. The molecule has 112 valence electrons. The number of aliphatic hydroxyl groups is 1. The quantitative estimate of drug-likeness (QED) is 0.843. The van der Waals surface area contributed by atoms with E-state index in [9.17, 15) is 13.5 Å². The molecule has 0 spiro atoms. The van der Waals surface area contributed by atoms with E-state index in [0.717, 1.165) is 12.8 Å². The summed E-state index contributed by atoms with van der Waals surface area (Å²) in [6, 6.07) is 4.99. The van der Waals surface area contributed by atoms with E-state index in [1.165, 1.54) is 6.42 Å². The Morgan fingerprint density at radius 2 is 2.10 bits per heavy atom. The number of benzene rings is 1. The minimum Gasteiger partial charge on any atom is -0.392 e. The predicted molar refractivity (Wildman–Crippen MR) is 82.4 cm³/mol. The molecule has 2 rings (SSSR count). The maximum atomic E-state index is 12.4. The van der Waals surface area contributed by atoms with Crippen molar-refractivity contribution in [1.82, 2.24) is 4.72 Å². The van der Waals surface area contributed by atoms with Gasteiger partial charge in [-0.15, -0.1) is 0 Å². The summed E-state index contributed by atoms with van der Waals surface area (Å²) in [5.41, 5.74) is 1.27. The largest absolute Gasteiger partial charge is 0.392 e. The highest BCUT2D eigenvalue weighted by Crippen LogP contribution is 2.42. The van der Waals surface area contributed by atoms with Crippen LogP contribution in [-0.4, -0.2) is 31.1 Å². The van der Waals surface area contributed by atoms with Gasteiger partial charge in [0.2, 0.25) is 10.0 Å². The monoisotopic (exact) mass is 315 g/mol. The van der Waals surface area contributed by atoms with E-state index >= 15 is 0 Å². The van der Waals surface area contributed by atoms with E-state index in [0.29, 0.717) is 17.7 Å². The highest BCUT2D eigenvalue weighted by atomic mass is 32.2. The van der Waals surface area contributed by atoms with E-state index in [1.54, 1.807) is 36.9 Å². The van der Waals surface area contributed by atoms with Gasteiger partial charge in [-0.25, -0.2) is 13.1 Å². The average Bonchev–Trinajstić information content (AvgIpc) is 2.38. The fourth-order valence-electron chi connectivity index (χ4n) is 2.45. The fourth-order valence-corrected chi connectivity index (χ4v) is 4.87. The first kappa shape index (κ1) is 15.8. The van der Waals surface area contributed by atoms with Crippen molar-refractivity contribution in [3.63, 3.8) is 0 Å². The van der Waals surface area contributed by atoms with Crippen molar-refractivity contribution in [1.29, 1.82) is 0 Å². The molecule has 1 aliphatic carbocycles. The van der Waals surface area contributed by atoms with E-state index in [-0.39, 0.29) is 16.2 Å². The van der Waals surface area contributed by atoms with Crippen molar-refractivity contribution in [3.8, 4) is 0 Å². The van der Waals surface area contributed by atoms with Crippen LogP contribution in [0.25, 0.3) is 0 Å². The van der Waals surface area contributed by atoms with E-state index in [2.05, 4.69) is 4.72 Å². The van der Waals surface area contributed by atoms with Gasteiger partial charge in [0.1, 0.15) is 0 Å². The van der Waals surface area contributed by atoms with Gasteiger partial charge in [-0.2, -0.15) is 11.8 Å². The normalized spacial score (nSPS) is 17.8. The molecule has 0 aromatic heterocycles. The van der Waals surface area contributed by atoms with Gasteiger partial charge in [-0.1, -0.05) is 18.6 Å². The second kappa shape index (κ2) is 6.05. The van der Waals surface area contributed by atoms with Crippen LogP contribution in [0.1, 0.15) is 30.4 Å². The van der Waals surface area contributed by atoms with Crippen LogP contribution < -0.4 is 4.72 Å². The number of sulfonamides is 1. The molecule has 4 nitrogen and oxygen atoms in total. The van der Waals surface area contributed by atoms with Crippen LogP contribution >= 0.6 is 11.8 Å². The minimum absolute atomic E-state index is 0.0650. The van der Waals surface area contributed by atoms with Crippen LogP contribution in [-0.2, 0) is 16.6 Å². The second-order valence-electron chi connectivity index (χ2n) is 5.26. The molecule has 0 unspecified atom stereocenters. The Labute approximate surface area is 125 Å². The molecule has 1 aliphatic rings. The summed E-state index contributed by atoms with van der Waals surface area (Å²) in [5.74, 6) is 0. The summed E-state index contributed by atoms with van der Waals surface area (Å²) in [6.07, 6.45) is 5.32. The number of hydrogen-bond acceptors (Lipinski definition) is 4. The lowest BCUT2D eigenvalue weighted by molar-refractivity contribution is 0.280. The summed E-state index contributed by atoms with van der Waals surface area (Å²) < 4.78 is 27.6. The topological polar surface area (TPSA) is 66.4 Å². The van der Waals surface area contributed by atoms with E-state index in [4.69, 9.17) is 0 Å². The first-order valence-electron chi connectivity index (χ1n) is 6.68. The molecule has 2 N–H and O–H groups in total. The third-order valence-electron chi connectivity index (χ3n) is 4.14. The predicted octanol–water partition coefficient (Wildman–Crippen LogP) is 2.05. The molecule has 0 radical (unpaired) electrons. The Bertz CT molecular complexity index is 575. The van der Waals surface area contributed by atoms with Crippen molar-refractivity contribution < 1.29 is 13.5 Å². The van der Waals surface area contributed by atoms with Gasteiger partial charge in [-0.3, -0.25) is 0 Å². The van der Waals surface area contributed by atoms with Crippen molar-refractivity contribution in [3.05, 3.63) is 29.3 Å². The molecule has 0 heterocycles. The number of aliphatic hydroxyl groups excluding tert-OH is 1. The van der Waals surface area contributed by atoms with Crippen LogP contribution in [0.2, 0.25) is 0 Å². The Morgan fingerprint density at radius 3 is 2.60 bits per heavy atom. The maximum Gasteiger partial charge on any atom is 0.240 e. The summed E-state index contributed by atoms with van der Waals surface area (Å²) >= 11 is 1.74. The van der Waals surface area contributed by atoms with E-state index < -0.39 is 10.0 Å². The first-order valence-corrected chi connectivity index (χ1v) is 9.39. The van der Waals surface area contributed by atoms with Gasteiger partial charge in [0.15, 0.2) is 0 Å². The zero-order valence-electron chi connectivity index (χ0n) is 11.8. The van der Waals surface area contributed by atoms with Crippen molar-refractivity contribution in [2.75, 3.05) is 12.8 Å². The summed E-state index contributed by atoms with van der Waals surface area (Å²) in [6.45, 7) is 2.05. The lowest BCUT2D eigenvalue weighted by atomic mass is 9.84. The molecule has 0 aliphatic heterocycles. The smallest absolute Gasteiger partial charge is 0.240 e. The minimum atomic E-state index is -3.52. The highest BCUT2D eigenvalue weighted by molar-refractivity contribution is 8.00. The molecule has 6 heteroatoms. The molecule has 0 bridgehead atoms. The van der Waals surface area contributed by atoms with Gasteiger partial charge in [0, 0.05) is 11.3 Å². The third-order valence-corrected chi connectivity index (χ3v) is 7.10. The van der Waals surface area contributed by atoms with Crippen molar-refractivity contribution >= 4 is 21.8 Å². The van der Waals surface area contributed by atoms with Gasteiger partial charge in [0.05, 0.1) is 11.5 Å². The van der Waals surface area contributed by atoms with Crippen LogP contribution in [0.5, 0.6) is 0 Å². The highest BCUT2D eigenvalue weighted by Gasteiger charge is 2.37. The zero-order chi connectivity index (χ0) is 14.8. The SMILES string of the molecule is CSC1(CNS(=O)(=O)c2cccc(CO)c2C)CCC1. The standard InChI is InChI=1S/C14H21NO3S2/c1-11-12(9-16)5-3-6-13(11)20(17,18)15-10-14(19-2)7-4-8-14/h3,5-6,15-16H,4,7-10H2,1-2H3. The molecular formula is C14H21NO3S2. The average molecular weight is 315 g/mol. The van der Waals surface area contributed by atoms with Crippen molar-refractivity contribution in [2.24, 2.45) is 0 Å². The van der Waals surface area contributed by atoms with Gasteiger partial charge < -0.3 is 5.11 Å². The van der Waals surface area contributed by atoms with Gasteiger partial charge in [0.25, 0.3) is 0 Å². The Balaban J connectivity index is 2.18. The van der Waals surface area contributed by atoms with Crippen LogP contribution in [0.4, 0.5) is 0 Å². The molecule has 1 fully saturated rings. The third kappa shape index (κ3) is 3.03. The molecule has 0 atom stereocenters. The lowest BCUT2D eigenvalue weighted by Gasteiger charge is -2.40. The molecule has 20 heavy (non-hydrogen) atoms. The molecule has 1 aromatic carbocycles. The van der Waals surface area contributed by atoms with E-state index in [1.807, 2.05) is 6.26 Å². The molecule has 0 saturated heterocycles. The number of rotatable bonds is 6. The fraction of sp³-hybridized carbons (Fsp3) is 0.571. The Morgan fingerprint density at radius 1 is 1.40 bits per heavy atom. The summed E-state index contributed by atoms with van der Waals surface area (Å²) in [5, 5.41) is 9.23. The molecule has 1 saturated carbocycles. The molecular weight excluding hydrogens is 294 g/mol. The van der Waals surface area contributed by atoms with Crippen LogP contribution in [0.3, 0.4) is 0 Å². The van der Waals surface area contributed by atoms with Crippen LogP contribution in [0.15, 0.2) is 23.1 Å². The van der Waals surface area contributed by atoms with Gasteiger partial charge in [-0.05, 0) is 43.2 Å². The Kier molecular flexibility index (Phi) is 4.79. The summed E-state index contributed by atoms with van der Waals surface area (Å²) in [4.78, 5) is 0.264. The molecule has 1 aromatic rings. The Hall–Kier alpha value is -0.560. The number of hydrogen-bond donors (Lipinski definition) is 2. The summed E-state index contributed by atoms with van der Waals surface area (Å²) in [7, 11) is -3.52. The van der Waals surface area contributed by atoms with Crippen molar-refractivity contribution in [2.45, 2.75) is 42.4 Å². The lowest BCUT2D eigenvalue weighted by Crippen LogP contribution is -2.45. The zero-order valence-corrected chi connectivity index (χ0v) is 13.5. The maximum absolute atomic E-state index is 12.4. The second-order valence-corrected chi connectivity index (χ2v) is 8.27.